The number of hydrogen-bond acceptors (Lipinski definition) is 5. The fraction of sp³-hybridized carbons (Fsp3) is 0.150. The van der Waals surface area contributed by atoms with Crippen LogP contribution < -0.4 is 5.32 Å². The van der Waals surface area contributed by atoms with Gasteiger partial charge in [0, 0.05) is 29.9 Å². The second-order valence-corrected chi connectivity index (χ2v) is 7.29. The summed E-state index contributed by atoms with van der Waals surface area (Å²) in [6.07, 6.45) is -3.15. The van der Waals surface area contributed by atoms with Crippen molar-refractivity contribution in [3.05, 3.63) is 65.2 Å². The van der Waals surface area contributed by atoms with Gasteiger partial charge in [-0.2, -0.15) is 18.4 Å². The SMILES string of the molecule is N#Cc1cc2cccc(F)c2n1CCNc1cc(-c2cc(C(F)(F)F)cs2)ncn1. The second kappa shape index (κ2) is 7.76. The topological polar surface area (TPSA) is 66.5 Å². The van der Waals surface area contributed by atoms with E-state index in [1.165, 1.54) is 12.4 Å². The number of nitriles is 1. The Labute approximate surface area is 172 Å². The van der Waals surface area contributed by atoms with Gasteiger partial charge >= 0.3 is 6.18 Å². The van der Waals surface area contributed by atoms with Crippen LogP contribution in [0.4, 0.5) is 23.4 Å². The molecule has 5 nitrogen and oxygen atoms in total. The highest BCUT2D eigenvalue weighted by Gasteiger charge is 2.31. The van der Waals surface area contributed by atoms with Crippen molar-refractivity contribution >= 4 is 28.1 Å². The lowest BCUT2D eigenvalue weighted by Crippen LogP contribution is -2.13. The molecule has 1 aromatic carbocycles. The molecule has 4 rings (SSSR count). The quantitative estimate of drug-likeness (QED) is 0.436. The van der Waals surface area contributed by atoms with E-state index in [1.54, 1.807) is 28.8 Å². The van der Waals surface area contributed by atoms with Crippen LogP contribution in [0, 0.1) is 17.1 Å². The maximum absolute atomic E-state index is 14.2. The van der Waals surface area contributed by atoms with Crippen molar-refractivity contribution in [2.75, 3.05) is 11.9 Å². The molecule has 152 valence electrons. The van der Waals surface area contributed by atoms with Crippen LogP contribution in [0.5, 0.6) is 0 Å². The molecular formula is C20H13F4N5S. The monoisotopic (exact) mass is 431 g/mol. The number of thiophene rings is 1. The van der Waals surface area contributed by atoms with E-state index in [0.717, 1.165) is 22.8 Å². The Morgan fingerprint density at radius 2 is 2.00 bits per heavy atom. The highest BCUT2D eigenvalue weighted by Crippen LogP contribution is 2.36. The first kappa shape index (κ1) is 19.8. The molecule has 0 radical (unpaired) electrons. The molecule has 0 aliphatic heterocycles. The second-order valence-electron chi connectivity index (χ2n) is 6.38. The van der Waals surface area contributed by atoms with E-state index in [4.69, 9.17) is 0 Å². The van der Waals surface area contributed by atoms with Gasteiger partial charge in [-0.15, -0.1) is 11.3 Å². The number of fused-ring (bicyclic) bond motifs is 1. The molecule has 0 unspecified atom stereocenters. The van der Waals surface area contributed by atoms with Gasteiger partial charge in [-0.1, -0.05) is 12.1 Å². The normalized spacial score (nSPS) is 11.6. The van der Waals surface area contributed by atoms with Gasteiger partial charge in [-0.05, 0) is 18.2 Å². The van der Waals surface area contributed by atoms with Gasteiger partial charge < -0.3 is 9.88 Å². The molecule has 0 saturated carbocycles. The third kappa shape index (κ3) is 3.84. The minimum atomic E-state index is -4.41. The third-order valence-corrected chi connectivity index (χ3v) is 5.43. The van der Waals surface area contributed by atoms with Crippen molar-refractivity contribution in [3.8, 4) is 16.6 Å². The van der Waals surface area contributed by atoms with Crippen molar-refractivity contribution in [2.24, 2.45) is 0 Å². The first-order valence-corrected chi connectivity index (χ1v) is 9.64. The van der Waals surface area contributed by atoms with Gasteiger partial charge in [0.05, 0.1) is 21.7 Å². The van der Waals surface area contributed by atoms with E-state index < -0.39 is 17.6 Å². The van der Waals surface area contributed by atoms with Crippen LogP contribution in [-0.2, 0) is 12.7 Å². The molecule has 0 aliphatic rings. The third-order valence-electron chi connectivity index (χ3n) is 4.47. The highest BCUT2D eigenvalue weighted by molar-refractivity contribution is 7.13. The number of benzene rings is 1. The molecule has 0 saturated heterocycles. The molecule has 3 heterocycles. The van der Waals surface area contributed by atoms with E-state index in [9.17, 15) is 22.8 Å². The summed E-state index contributed by atoms with van der Waals surface area (Å²) in [7, 11) is 0. The maximum Gasteiger partial charge on any atom is 0.417 e. The Bertz CT molecular complexity index is 1250. The Morgan fingerprint density at radius 3 is 2.73 bits per heavy atom. The van der Waals surface area contributed by atoms with Crippen molar-refractivity contribution in [1.82, 2.24) is 14.5 Å². The van der Waals surface area contributed by atoms with Crippen LogP contribution >= 0.6 is 11.3 Å². The van der Waals surface area contributed by atoms with Gasteiger partial charge in [0.2, 0.25) is 0 Å². The summed E-state index contributed by atoms with van der Waals surface area (Å²) < 4.78 is 54.2. The highest BCUT2D eigenvalue weighted by atomic mass is 32.1. The number of halogens is 4. The van der Waals surface area contributed by atoms with Crippen LogP contribution in [0.15, 0.2) is 48.1 Å². The number of nitrogens with one attached hydrogen (secondary N) is 1. The number of hydrogen-bond donors (Lipinski definition) is 1. The summed E-state index contributed by atoms with van der Waals surface area (Å²) in [5, 5.41) is 14.1. The average molecular weight is 431 g/mol. The van der Waals surface area contributed by atoms with Crippen molar-refractivity contribution in [2.45, 2.75) is 12.7 Å². The molecule has 0 fully saturated rings. The Hall–Kier alpha value is -3.45. The van der Waals surface area contributed by atoms with Crippen LogP contribution in [0.1, 0.15) is 11.3 Å². The fourth-order valence-corrected chi connectivity index (χ4v) is 3.99. The molecule has 0 amide bonds. The number of para-hydroxylation sites is 1. The van der Waals surface area contributed by atoms with Crippen molar-refractivity contribution in [3.63, 3.8) is 0 Å². The van der Waals surface area contributed by atoms with E-state index in [2.05, 4.69) is 21.4 Å². The van der Waals surface area contributed by atoms with Crippen molar-refractivity contribution < 1.29 is 17.6 Å². The summed E-state index contributed by atoms with van der Waals surface area (Å²) in [4.78, 5) is 8.48. The lowest BCUT2D eigenvalue weighted by atomic mass is 10.2. The van der Waals surface area contributed by atoms with Gasteiger partial charge in [0.1, 0.15) is 29.7 Å². The standard InChI is InChI=1S/C20H13F4N5S/c21-15-3-1-2-12-6-14(9-25)29(19(12)15)5-4-26-18-8-16(27-11-28-18)17-7-13(10-30-17)20(22,23)24/h1-3,6-8,10-11H,4-5H2,(H,26,27,28). The molecule has 0 bridgehead atoms. The number of alkyl halides is 3. The summed E-state index contributed by atoms with van der Waals surface area (Å²) in [6, 6.07) is 10.9. The van der Waals surface area contributed by atoms with Crippen LogP contribution in [0.2, 0.25) is 0 Å². The lowest BCUT2D eigenvalue weighted by molar-refractivity contribution is -0.137. The lowest BCUT2D eigenvalue weighted by Gasteiger charge is -2.10. The van der Waals surface area contributed by atoms with Crippen LogP contribution in [0.3, 0.4) is 0 Å². The molecule has 30 heavy (non-hydrogen) atoms. The average Bonchev–Trinajstić information content (AvgIpc) is 3.34. The van der Waals surface area contributed by atoms with Crippen molar-refractivity contribution in [1.29, 1.82) is 5.26 Å². The predicted molar refractivity (Wildman–Crippen MR) is 105 cm³/mol. The summed E-state index contributed by atoms with van der Waals surface area (Å²) in [6.45, 7) is 0.616. The molecule has 4 aromatic rings. The molecule has 0 atom stereocenters. The molecule has 3 aromatic heterocycles. The van der Waals surface area contributed by atoms with Gasteiger partial charge in [0.15, 0.2) is 0 Å². The zero-order chi connectivity index (χ0) is 21.3. The minimum absolute atomic E-state index is 0.296. The zero-order valence-corrected chi connectivity index (χ0v) is 16.1. The summed E-state index contributed by atoms with van der Waals surface area (Å²) in [5.74, 6) is -0.00566. The van der Waals surface area contributed by atoms with E-state index in [-0.39, 0.29) is 0 Å². The Kier molecular flexibility index (Phi) is 5.13. The molecule has 0 aliphatic carbocycles. The molecule has 0 spiro atoms. The zero-order valence-electron chi connectivity index (χ0n) is 15.2. The largest absolute Gasteiger partial charge is 0.417 e. The fourth-order valence-electron chi connectivity index (χ4n) is 3.11. The summed E-state index contributed by atoms with van der Waals surface area (Å²) >= 11 is 0.948. The van der Waals surface area contributed by atoms with Gasteiger partial charge in [0.25, 0.3) is 0 Å². The number of nitrogens with zero attached hydrogens (tertiary/aromatic N) is 4. The molecular weight excluding hydrogens is 418 g/mol. The Balaban J connectivity index is 1.51. The first-order chi connectivity index (χ1) is 14.4. The number of rotatable bonds is 5. The van der Waals surface area contributed by atoms with Crippen LogP contribution in [-0.4, -0.2) is 21.1 Å². The minimum Gasteiger partial charge on any atom is -0.368 e. The van der Waals surface area contributed by atoms with Gasteiger partial charge in [-0.3, -0.25) is 0 Å². The van der Waals surface area contributed by atoms with Crippen LogP contribution in [0.25, 0.3) is 21.5 Å². The van der Waals surface area contributed by atoms with E-state index in [1.807, 2.05) is 0 Å². The van der Waals surface area contributed by atoms with E-state index in [0.29, 0.717) is 46.1 Å². The smallest absolute Gasteiger partial charge is 0.368 e. The number of anilines is 1. The number of aromatic nitrogens is 3. The first-order valence-electron chi connectivity index (χ1n) is 8.76. The Morgan fingerprint density at radius 1 is 1.17 bits per heavy atom. The predicted octanol–water partition coefficient (Wildman–Crippen LogP) is 5.30. The molecule has 1 N–H and O–H groups in total. The van der Waals surface area contributed by atoms with Gasteiger partial charge in [-0.25, -0.2) is 14.4 Å². The summed E-state index contributed by atoms with van der Waals surface area (Å²) in [5.41, 5.74) is 0.320. The van der Waals surface area contributed by atoms with E-state index >= 15 is 0 Å². The molecule has 10 heteroatoms. The maximum atomic E-state index is 14.2.